The van der Waals surface area contributed by atoms with Gasteiger partial charge in [-0.05, 0) is 37.3 Å². The standard InChI is InChI=1S/C9H14O.2C2H6/c1-3-8-5-4-6-9(10)7(8)2;2*1-2/h3,9-10H,2,4-6H2,1H3;2*1-2H3/b8-3-;;/t9-;;/m0../s1. The van der Waals surface area contributed by atoms with Gasteiger partial charge in [-0.25, -0.2) is 0 Å². The molecule has 0 heterocycles. The summed E-state index contributed by atoms with van der Waals surface area (Å²) in [5, 5.41) is 9.34. The van der Waals surface area contributed by atoms with Crippen LogP contribution in [0.3, 0.4) is 0 Å². The zero-order valence-electron chi connectivity index (χ0n) is 10.4. The van der Waals surface area contributed by atoms with Crippen molar-refractivity contribution in [2.75, 3.05) is 0 Å². The molecule has 0 unspecified atom stereocenters. The summed E-state index contributed by atoms with van der Waals surface area (Å²) >= 11 is 0. The van der Waals surface area contributed by atoms with E-state index in [9.17, 15) is 5.11 Å². The van der Waals surface area contributed by atoms with Crippen molar-refractivity contribution in [3.8, 4) is 0 Å². The summed E-state index contributed by atoms with van der Waals surface area (Å²) in [6.45, 7) is 13.8. The summed E-state index contributed by atoms with van der Waals surface area (Å²) in [4.78, 5) is 0. The Morgan fingerprint density at radius 3 is 2.14 bits per heavy atom. The second kappa shape index (κ2) is 10.5. The van der Waals surface area contributed by atoms with Crippen molar-refractivity contribution in [1.82, 2.24) is 0 Å². The average Bonchev–Trinajstić information content (AvgIpc) is 2.28. The van der Waals surface area contributed by atoms with E-state index >= 15 is 0 Å². The number of aliphatic hydroxyl groups is 1. The van der Waals surface area contributed by atoms with Gasteiger partial charge < -0.3 is 5.11 Å². The molecule has 1 nitrogen and oxygen atoms in total. The maximum atomic E-state index is 9.34. The van der Waals surface area contributed by atoms with E-state index in [0.717, 1.165) is 24.8 Å². The van der Waals surface area contributed by atoms with E-state index in [1.54, 1.807) is 0 Å². The van der Waals surface area contributed by atoms with E-state index in [1.807, 2.05) is 40.7 Å². The Hall–Kier alpha value is -0.560. The fraction of sp³-hybridized carbons (Fsp3) is 0.692. The molecule has 14 heavy (non-hydrogen) atoms. The van der Waals surface area contributed by atoms with Crippen molar-refractivity contribution in [2.24, 2.45) is 0 Å². The predicted octanol–water partition coefficient (Wildman–Crippen LogP) is 4.09. The summed E-state index contributed by atoms with van der Waals surface area (Å²) in [6.07, 6.45) is 4.84. The van der Waals surface area contributed by atoms with Gasteiger partial charge in [0.15, 0.2) is 0 Å². The van der Waals surface area contributed by atoms with Crippen LogP contribution >= 0.6 is 0 Å². The molecule has 1 aliphatic carbocycles. The highest BCUT2D eigenvalue weighted by atomic mass is 16.3. The fourth-order valence-electron chi connectivity index (χ4n) is 1.36. The minimum atomic E-state index is -0.278. The van der Waals surface area contributed by atoms with Crippen molar-refractivity contribution in [2.45, 2.75) is 60.0 Å². The van der Waals surface area contributed by atoms with Gasteiger partial charge in [0.05, 0.1) is 6.10 Å². The third-order valence-corrected chi connectivity index (χ3v) is 2.09. The first kappa shape index (κ1) is 15.9. The van der Waals surface area contributed by atoms with Gasteiger partial charge >= 0.3 is 0 Å². The molecule has 0 aromatic rings. The lowest BCUT2D eigenvalue weighted by Gasteiger charge is -2.22. The Bertz CT molecular complexity index is 168. The molecule has 0 spiro atoms. The van der Waals surface area contributed by atoms with Crippen LogP contribution in [0.2, 0.25) is 0 Å². The van der Waals surface area contributed by atoms with E-state index in [1.165, 1.54) is 5.57 Å². The molecule has 0 radical (unpaired) electrons. The molecule has 0 aromatic carbocycles. The lowest BCUT2D eigenvalue weighted by molar-refractivity contribution is 0.191. The lowest BCUT2D eigenvalue weighted by Crippen LogP contribution is -2.15. The van der Waals surface area contributed by atoms with Crippen molar-refractivity contribution in [3.63, 3.8) is 0 Å². The number of aliphatic hydroxyl groups excluding tert-OH is 1. The SMILES string of the molecule is C=C1/C(=C\C)CCC[C@@H]1O.CC.CC. The van der Waals surface area contributed by atoms with Gasteiger partial charge in [-0.3, -0.25) is 0 Å². The van der Waals surface area contributed by atoms with Gasteiger partial charge in [0, 0.05) is 0 Å². The van der Waals surface area contributed by atoms with Gasteiger partial charge in [0.25, 0.3) is 0 Å². The van der Waals surface area contributed by atoms with Gasteiger partial charge in [0.1, 0.15) is 0 Å². The molecular weight excluding hydrogens is 172 g/mol. The van der Waals surface area contributed by atoms with Gasteiger partial charge in [0.2, 0.25) is 0 Å². The zero-order chi connectivity index (χ0) is 11.6. The monoisotopic (exact) mass is 198 g/mol. The molecule has 0 aromatic heterocycles. The quantitative estimate of drug-likeness (QED) is 0.621. The summed E-state index contributed by atoms with van der Waals surface area (Å²) in [5.74, 6) is 0. The predicted molar refractivity (Wildman–Crippen MR) is 65.5 cm³/mol. The zero-order valence-corrected chi connectivity index (χ0v) is 10.4. The molecule has 1 heteroatoms. The van der Waals surface area contributed by atoms with Crippen LogP contribution in [-0.2, 0) is 0 Å². The second-order valence-electron chi connectivity index (χ2n) is 2.75. The first-order valence-corrected chi connectivity index (χ1v) is 5.78. The average molecular weight is 198 g/mol. The van der Waals surface area contributed by atoms with Crippen LogP contribution in [-0.4, -0.2) is 11.2 Å². The highest BCUT2D eigenvalue weighted by Crippen LogP contribution is 2.27. The van der Waals surface area contributed by atoms with Gasteiger partial charge in [-0.1, -0.05) is 40.3 Å². The normalized spacial score (nSPS) is 23.1. The van der Waals surface area contributed by atoms with Crippen molar-refractivity contribution in [3.05, 3.63) is 23.8 Å². The van der Waals surface area contributed by atoms with E-state index in [-0.39, 0.29) is 6.10 Å². The van der Waals surface area contributed by atoms with E-state index in [4.69, 9.17) is 0 Å². The Morgan fingerprint density at radius 1 is 1.29 bits per heavy atom. The highest BCUT2D eigenvalue weighted by molar-refractivity contribution is 5.32. The topological polar surface area (TPSA) is 20.2 Å². The summed E-state index contributed by atoms with van der Waals surface area (Å²) < 4.78 is 0. The molecule has 1 fully saturated rings. The van der Waals surface area contributed by atoms with Crippen LogP contribution in [0.1, 0.15) is 53.9 Å². The third-order valence-electron chi connectivity index (χ3n) is 2.09. The third kappa shape index (κ3) is 5.23. The van der Waals surface area contributed by atoms with E-state index in [2.05, 4.69) is 6.58 Å². The maximum absolute atomic E-state index is 9.34. The largest absolute Gasteiger partial charge is 0.388 e. The van der Waals surface area contributed by atoms with E-state index < -0.39 is 0 Å². The summed E-state index contributed by atoms with van der Waals surface area (Å²) in [6, 6.07) is 0. The molecule has 0 bridgehead atoms. The van der Waals surface area contributed by atoms with E-state index in [0.29, 0.717) is 0 Å². The second-order valence-corrected chi connectivity index (χ2v) is 2.75. The fourth-order valence-corrected chi connectivity index (χ4v) is 1.36. The van der Waals surface area contributed by atoms with Gasteiger partial charge in [-0.15, -0.1) is 0 Å². The molecule has 1 aliphatic rings. The highest BCUT2D eigenvalue weighted by Gasteiger charge is 2.17. The molecular formula is C13H26O. The molecule has 84 valence electrons. The number of hydrogen-bond acceptors (Lipinski definition) is 1. The van der Waals surface area contributed by atoms with Crippen LogP contribution in [0, 0.1) is 0 Å². The van der Waals surface area contributed by atoms with Crippen LogP contribution in [0.5, 0.6) is 0 Å². The minimum absolute atomic E-state index is 0.278. The smallest absolute Gasteiger partial charge is 0.0787 e. The molecule has 1 saturated carbocycles. The van der Waals surface area contributed by atoms with Crippen LogP contribution in [0.4, 0.5) is 0 Å². The Labute approximate surface area is 89.5 Å². The summed E-state index contributed by atoms with van der Waals surface area (Å²) in [7, 11) is 0. The van der Waals surface area contributed by atoms with Crippen LogP contribution < -0.4 is 0 Å². The molecule has 1 rings (SSSR count). The Balaban J connectivity index is 0. The molecule has 0 amide bonds. The first-order valence-electron chi connectivity index (χ1n) is 5.78. The number of rotatable bonds is 0. The lowest BCUT2D eigenvalue weighted by atomic mass is 9.88. The van der Waals surface area contributed by atoms with Gasteiger partial charge in [-0.2, -0.15) is 0 Å². The number of hydrogen-bond donors (Lipinski definition) is 1. The van der Waals surface area contributed by atoms with Crippen molar-refractivity contribution < 1.29 is 5.11 Å². The van der Waals surface area contributed by atoms with Crippen molar-refractivity contribution in [1.29, 1.82) is 0 Å². The maximum Gasteiger partial charge on any atom is 0.0787 e. The molecule has 1 atom stereocenters. The minimum Gasteiger partial charge on any atom is -0.388 e. The van der Waals surface area contributed by atoms with Crippen LogP contribution in [0.25, 0.3) is 0 Å². The molecule has 0 aliphatic heterocycles. The van der Waals surface area contributed by atoms with Crippen LogP contribution in [0.15, 0.2) is 23.8 Å². The molecule has 1 N–H and O–H groups in total. The Kier molecular flexibility index (Phi) is 11.9. The Morgan fingerprint density at radius 2 is 1.79 bits per heavy atom. The van der Waals surface area contributed by atoms with Crippen molar-refractivity contribution >= 4 is 0 Å². The number of allylic oxidation sites excluding steroid dienone is 1. The molecule has 0 saturated heterocycles. The summed E-state index contributed by atoms with van der Waals surface area (Å²) in [5.41, 5.74) is 2.16. The first-order chi connectivity index (χ1) is 6.75.